The Balaban J connectivity index is 2.58. The van der Waals surface area contributed by atoms with Crippen molar-refractivity contribution in [3.8, 4) is 5.75 Å². The van der Waals surface area contributed by atoms with Crippen molar-refractivity contribution in [1.82, 2.24) is 0 Å². The van der Waals surface area contributed by atoms with Gasteiger partial charge in [-0.25, -0.2) is 0 Å². The fourth-order valence-corrected chi connectivity index (χ4v) is 1.22. The summed E-state index contributed by atoms with van der Waals surface area (Å²) in [7, 11) is 1.58. The van der Waals surface area contributed by atoms with Gasteiger partial charge in [0.25, 0.3) is 0 Å². The zero-order valence-corrected chi connectivity index (χ0v) is 10.0. The first-order valence-corrected chi connectivity index (χ1v) is 5.46. The minimum Gasteiger partial charge on any atom is -0.497 e. The molecule has 0 aliphatic carbocycles. The van der Waals surface area contributed by atoms with E-state index in [0.717, 1.165) is 6.42 Å². The lowest BCUT2D eigenvalue weighted by Gasteiger charge is -2.09. The van der Waals surface area contributed by atoms with E-state index in [0.29, 0.717) is 11.3 Å². The summed E-state index contributed by atoms with van der Waals surface area (Å²) in [6, 6.07) is 7.11. The second-order valence-corrected chi connectivity index (χ2v) is 3.69. The highest BCUT2D eigenvalue weighted by molar-refractivity contribution is 5.97. The summed E-state index contributed by atoms with van der Waals surface area (Å²) in [5.41, 5.74) is 0.627. The van der Waals surface area contributed by atoms with Crippen molar-refractivity contribution >= 4 is 5.78 Å². The second-order valence-electron chi connectivity index (χ2n) is 3.69. The molecule has 0 spiro atoms. The fourth-order valence-electron chi connectivity index (χ4n) is 1.22. The molecule has 1 rings (SSSR count). The summed E-state index contributed by atoms with van der Waals surface area (Å²) >= 11 is 0. The molecule has 16 heavy (non-hydrogen) atoms. The van der Waals surface area contributed by atoms with Gasteiger partial charge in [-0.15, -0.1) is 0 Å². The van der Waals surface area contributed by atoms with Crippen molar-refractivity contribution in [2.75, 3.05) is 13.7 Å². The maximum Gasteiger partial charge on any atom is 0.188 e. The van der Waals surface area contributed by atoms with E-state index in [1.807, 2.05) is 19.9 Å². The van der Waals surface area contributed by atoms with Crippen LogP contribution in [0.4, 0.5) is 0 Å². The molecule has 0 aliphatic heterocycles. The second kappa shape index (κ2) is 6.28. The van der Waals surface area contributed by atoms with Crippen molar-refractivity contribution in [3.05, 3.63) is 29.8 Å². The zero-order chi connectivity index (χ0) is 12.0. The molecule has 0 amide bonds. The summed E-state index contributed by atoms with van der Waals surface area (Å²) in [5, 5.41) is 0. The highest BCUT2D eigenvalue weighted by Gasteiger charge is 2.08. The Morgan fingerprint density at radius 1 is 1.44 bits per heavy atom. The zero-order valence-electron chi connectivity index (χ0n) is 10.0. The number of carbonyl (C=O) groups is 1. The highest BCUT2D eigenvalue weighted by Crippen LogP contribution is 2.13. The lowest BCUT2D eigenvalue weighted by molar-refractivity contribution is 0.0511. The Bertz CT molecular complexity index is 347. The van der Waals surface area contributed by atoms with E-state index >= 15 is 0 Å². The Hall–Kier alpha value is -1.35. The molecule has 88 valence electrons. The highest BCUT2D eigenvalue weighted by atomic mass is 16.5. The van der Waals surface area contributed by atoms with E-state index in [4.69, 9.17) is 9.47 Å². The van der Waals surface area contributed by atoms with Crippen LogP contribution < -0.4 is 4.74 Å². The molecule has 0 heterocycles. The molecular formula is C13H18O3. The Kier molecular flexibility index (Phi) is 4.99. The molecule has 1 aromatic rings. The van der Waals surface area contributed by atoms with Gasteiger partial charge in [0.15, 0.2) is 5.78 Å². The Morgan fingerprint density at radius 2 is 2.19 bits per heavy atom. The van der Waals surface area contributed by atoms with E-state index < -0.39 is 0 Å². The van der Waals surface area contributed by atoms with E-state index in [9.17, 15) is 4.79 Å². The number of carbonyl (C=O) groups excluding carboxylic acids is 1. The first kappa shape index (κ1) is 12.7. The smallest absolute Gasteiger partial charge is 0.188 e. The molecule has 0 aliphatic rings. The average molecular weight is 222 g/mol. The maximum absolute atomic E-state index is 11.8. The monoisotopic (exact) mass is 222 g/mol. The molecule has 0 saturated heterocycles. The normalized spacial score (nSPS) is 12.2. The minimum absolute atomic E-state index is 0.0146. The Morgan fingerprint density at radius 3 is 2.81 bits per heavy atom. The molecule has 0 radical (unpaired) electrons. The minimum atomic E-state index is -0.0146. The van der Waals surface area contributed by atoms with Gasteiger partial charge in [0.1, 0.15) is 12.4 Å². The van der Waals surface area contributed by atoms with Crippen LogP contribution in [-0.4, -0.2) is 25.6 Å². The summed E-state index contributed by atoms with van der Waals surface area (Å²) in [5.74, 6) is 0.675. The van der Waals surface area contributed by atoms with Gasteiger partial charge in [0.05, 0.1) is 13.2 Å². The number of Topliss-reactive ketones (excluding diaryl/α,β-unsaturated/α-hetero) is 1. The van der Waals surface area contributed by atoms with Gasteiger partial charge in [0.2, 0.25) is 0 Å². The molecule has 1 unspecified atom stereocenters. The summed E-state index contributed by atoms with van der Waals surface area (Å²) in [4.78, 5) is 11.8. The maximum atomic E-state index is 11.8. The van der Waals surface area contributed by atoms with Crippen LogP contribution in [0.25, 0.3) is 0 Å². The number of ketones is 1. The quantitative estimate of drug-likeness (QED) is 0.694. The molecule has 0 aromatic heterocycles. The lowest BCUT2D eigenvalue weighted by Crippen LogP contribution is -2.15. The molecular weight excluding hydrogens is 204 g/mol. The molecule has 3 nitrogen and oxygen atoms in total. The molecule has 0 saturated carbocycles. The van der Waals surface area contributed by atoms with Gasteiger partial charge in [-0.1, -0.05) is 19.1 Å². The van der Waals surface area contributed by atoms with Crippen LogP contribution in [0, 0.1) is 0 Å². The molecule has 0 fully saturated rings. The van der Waals surface area contributed by atoms with E-state index in [2.05, 4.69) is 0 Å². The number of hydrogen-bond acceptors (Lipinski definition) is 3. The predicted octanol–water partition coefficient (Wildman–Crippen LogP) is 2.69. The summed E-state index contributed by atoms with van der Waals surface area (Å²) < 4.78 is 10.4. The SMILES string of the molecule is CCC(C)OCC(=O)c1cccc(OC)c1. The van der Waals surface area contributed by atoms with Gasteiger partial charge < -0.3 is 9.47 Å². The third-order valence-electron chi connectivity index (χ3n) is 2.47. The van der Waals surface area contributed by atoms with Crippen molar-refractivity contribution in [3.63, 3.8) is 0 Å². The van der Waals surface area contributed by atoms with Crippen molar-refractivity contribution in [2.45, 2.75) is 26.4 Å². The third kappa shape index (κ3) is 3.66. The van der Waals surface area contributed by atoms with Crippen LogP contribution in [0.15, 0.2) is 24.3 Å². The average Bonchev–Trinajstić information content (AvgIpc) is 2.35. The lowest BCUT2D eigenvalue weighted by atomic mass is 10.1. The molecule has 1 atom stereocenters. The summed E-state index contributed by atoms with van der Waals surface area (Å²) in [6.07, 6.45) is 1.03. The molecule has 3 heteroatoms. The van der Waals surface area contributed by atoms with Gasteiger partial charge >= 0.3 is 0 Å². The third-order valence-corrected chi connectivity index (χ3v) is 2.47. The van der Waals surface area contributed by atoms with Gasteiger partial charge in [0, 0.05) is 5.56 Å². The largest absolute Gasteiger partial charge is 0.497 e. The Labute approximate surface area is 96.4 Å². The summed E-state index contributed by atoms with van der Waals surface area (Å²) in [6.45, 7) is 4.11. The van der Waals surface area contributed by atoms with Gasteiger partial charge in [-0.05, 0) is 25.5 Å². The molecule has 0 N–H and O–H groups in total. The van der Waals surface area contributed by atoms with Crippen LogP contribution in [0.3, 0.4) is 0 Å². The van der Waals surface area contributed by atoms with Crippen LogP contribution in [-0.2, 0) is 4.74 Å². The van der Waals surface area contributed by atoms with Crippen LogP contribution in [0.5, 0.6) is 5.75 Å². The van der Waals surface area contributed by atoms with Crippen molar-refractivity contribution in [1.29, 1.82) is 0 Å². The van der Waals surface area contributed by atoms with Crippen LogP contribution in [0.1, 0.15) is 30.6 Å². The predicted molar refractivity (Wildman–Crippen MR) is 63.0 cm³/mol. The number of benzene rings is 1. The fraction of sp³-hybridized carbons (Fsp3) is 0.462. The molecule has 1 aromatic carbocycles. The topological polar surface area (TPSA) is 35.5 Å². The number of ether oxygens (including phenoxy) is 2. The van der Waals surface area contributed by atoms with Crippen LogP contribution >= 0.6 is 0 Å². The standard InChI is InChI=1S/C13H18O3/c1-4-10(2)16-9-13(14)11-6-5-7-12(8-11)15-3/h5-8,10H,4,9H2,1-3H3. The van der Waals surface area contributed by atoms with Crippen LogP contribution in [0.2, 0.25) is 0 Å². The van der Waals surface area contributed by atoms with Crippen molar-refractivity contribution < 1.29 is 14.3 Å². The first-order valence-electron chi connectivity index (χ1n) is 5.46. The first-order chi connectivity index (χ1) is 7.67. The number of hydrogen-bond donors (Lipinski definition) is 0. The van der Waals surface area contributed by atoms with E-state index in [-0.39, 0.29) is 18.5 Å². The van der Waals surface area contributed by atoms with Crippen molar-refractivity contribution in [2.24, 2.45) is 0 Å². The van der Waals surface area contributed by atoms with Gasteiger partial charge in [-0.3, -0.25) is 4.79 Å². The molecule has 0 bridgehead atoms. The number of methoxy groups -OCH3 is 1. The van der Waals surface area contributed by atoms with E-state index in [1.165, 1.54) is 0 Å². The van der Waals surface area contributed by atoms with Gasteiger partial charge in [-0.2, -0.15) is 0 Å². The van der Waals surface area contributed by atoms with E-state index in [1.54, 1.807) is 25.3 Å². The number of rotatable bonds is 6.